The molecule has 1 aromatic heterocycles. The standard InChI is InChI=1S/C14H11BrF4N2/c1-8(9-2-4-11(16)5-3-9)21-13-12(14(17,18)19)6-10(15)7-20-13/h2-8H,1H3,(H,20,21). The number of alkyl halides is 3. The van der Waals surface area contributed by atoms with Crippen LogP contribution >= 0.6 is 15.9 Å². The molecule has 0 spiro atoms. The Labute approximate surface area is 127 Å². The molecule has 2 nitrogen and oxygen atoms in total. The fourth-order valence-electron chi connectivity index (χ4n) is 1.81. The van der Waals surface area contributed by atoms with Gasteiger partial charge in [-0.1, -0.05) is 12.1 Å². The van der Waals surface area contributed by atoms with Crippen molar-refractivity contribution in [2.24, 2.45) is 0 Å². The third-order valence-corrected chi connectivity index (χ3v) is 3.32. The lowest BCUT2D eigenvalue weighted by Gasteiger charge is -2.19. The number of rotatable bonds is 3. The quantitative estimate of drug-likeness (QED) is 0.761. The number of nitrogens with one attached hydrogen (secondary N) is 1. The SMILES string of the molecule is CC(Nc1ncc(Br)cc1C(F)(F)F)c1ccc(F)cc1. The Morgan fingerprint density at radius 3 is 2.38 bits per heavy atom. The number of hydrogen-bond acceptors (Lipinski definition) is 2. The first-order valence-corrected chi connectivity index (χ1v) is 6.81. The Hall–Kier alpha value is -1.63. The molecule has 2 rings (SSSR count). The van der Waals surface area contributed by atoms with Gasteiger partial charge >= 0.3 is 6.18 Å². The van der Waals surface area contributed by atoms with Crippen molar-refractivity contribution in [1.29, 1.82) is 0 Å². The van der Waals surface area contributed by atoms with Crippen molar-refractivity contribution >= 4 is 21.7 Å². The summed E-state index contributed by atoms with van der Waals surface area (Å²) in [5.41, 5.74) is -0.194. The Morgan fingerprint density at radius 1 is 1.19 bits per heavy atom. The Kier molecular flexibility index (Phi) is 4.51. The van der Waals surface area contributed by atoms with E-state index in [1.807, 2.05) is 0 Å². The molecule has 1 heterocycles. The molecule has 0 saturated heterocycles. The van der Waals surface area contributed by atoms with Gasteiger partial charge in [-0.2, -0.15) is 13.2 Å². The second-order valence-electron chi connectivity index (χ2n) is 4.47. The normalized spacial score (nSPS) is 13.0. The van der Waals surface area contributed by atoms with Crippen molar-refractivity contribution in [2.75, 3.05) is 5.32 Å². The van der Waals surface area contributed by atoms with Crippen LogP contribution in [0.3, 0.4) is 0 Å². The lowest BCUT2D eigenvalue weighted by Crippen LogP contribution is -2.15. The van der Waals surface area contributed by atoms with Crippen LogP contribution < -0.4 is 5.32 Å². The lowest BCUT2D eigenvalue weighted by atomic mass is 10.1. The van der Waals surface area contributed by atoms with Gasteiger partial charge in [0.25, 0.3) is 0 Å². The van der Waals surface area contributed by atoms with Crippen LogP contribution in [0.15, 0.2) is 41.0 Å². The highest BCUT2D eigenvalue weighted by Crippen LogP contribution is 2.36. The highest BCUT2D eigenvalue weighted by Gasteiger charge is 2.35. The van der Waals surface area contributed by atoms with E-state index in [1.165, 1.54) is 30.5 Å². The van der Waals surface area contributed by atoms with Crippen LogP contribution in [0.2, 0.25) is 0 Å². The Morgan fingerprint density at radius 2 is 1.81 bits per heavy atom. The van der Waals surface area contributed by atoms with Crippen molar-refractivity contribution in [1.82, 2.24) is 4.98 Å². The van der Waals surface area contributed by atoms with Gasteiger partial charge in [-0.05, 0) is 46.6 Å². The zero-order valence-corrected chi connectivity index (χ0v) is 12.5. The molecule has 1 N–H and O–H groups in total. The summed E-state index contributed by atoms with van der Waals surface area (Å²) in [6, 6.07) is 6.06. The Balaban J connectivity index is 2.29. The minimum atomic E-state index is -4.51. The predicted molar refractivity (Wildman–Crippen MR) is 75.4 cm³/mol. The summed E-state index contributed by atoms with van der Waals surface area (Å²) < 4.78 is 52.1. The van der Waals surface area contributed by atoms with Gasteiger partial charge in [0, 0.05) is 16.7 Å². The first-order chi connectivity index (χ1) is 9.77. The molecule has 0 fully saturated rings. The number of hydrogen-bond donors (Lipinski definition) is 1. The minimum absolute atomic E-state index is 0.245. The highest BCUT2D eigenvalue weighted by molar-refractivity contribution is 9.10. The largest absolute Gasteiger partial charge is 0.419 e. The number of aromatic nitrogens is 1. The molecule has 1 unspecified atom stereocenters. The van der Waals surface area contributed by atoms with E-state index in [2.05, 4.69) is 26.2 Å². The second-order valence-corrected chi connectivity index (χ2v) is 5.38. The molecule has 112 valence electrons. The fraction of sp³-hybridized carbons (Fsp3) is 0.214. The molecule has 0 radical (unpaired) electrons. The summed E-state index contributed by atoms with van der Waals surface area (Å²) in [6.07, 6.45) is -3.23. The number of anilines is 1. The van der Waals surface area contributed by atoms with Crippen LogP contribution in [-0.2, 0) is 6.18 Å². The number of halogens is 5. The topological polar surface area (TPSA) is 24.9 Å². The molecule has 1 atom stereocenters. The van der Waals surface area contributed by atoms with E-state index in [-0.39, 0.29) is 10.3 Å². The van der Waals surface area contributed by atoms with Gasteiger partial charge in [0.1, 0.15) is 11.6 Å². The molecule has 0 aliphatic carbocycles. The lowest BCUT2D eigenvalue weighted by molar-refractivity contribution is -0.137. The van der Waals surface area contributed by atoms with Crippen molar-refractivity contribution in [3.8, 4) is 0 Å². The maximum Gasteiger partial charge on any atom is 0.419 e. The number of benzene rings is 1. The summed E-state index contributed by atoms with van der Waals surface area (Å²) in [5.74, 6) is -0.661. The third kappa shape index (κ3) is 3.93. The predicted octanol–water partition coefficient (Wildman–Crippen LogP) is 5.18. The molecule has 21 heavy (non-hydrogen) atoms. The van der Waals surface area contributed by atoms with E-state index in [0.29, 0.717) is 5.56 Å². The van der Waals surface area contributed by atoms with Crippen molar-refractivity contribution in [3.63, 3.8) is 0 Å². The van der Waals surface area contributed by atoms with Crippen LogP contribution in [0.4, 0.5) is 23.4 Å². The molecule has 0 aliphatic rings. The average Bonchev–Trinajstić information content (AvgIpc) is 2.40. The van der Waals surface area contributed by atoms with Gasteiger partial charge in [-0.15, -0.1) is 0 Å². The second kappa shape index (κ2) is 6.01. The zero-order chi connectivity index (χ0) is 15.6. The van der Waals surface area contributed by atoms with Crippen molar-refractivity contribution in [2.45, 2.75) is 19.1 Å². The monoisotopic (exact) mass is 362 g/mol. The van der Waals surface area contributed by atoms with E-state index in [0.717, 1.165) is 6.07 Å². The molecule has 0 aliphatic heterocycles. The Bertz CT molecular complexity index is 626. The molecular weight excluding hydrogens is 352 g/mol. The van der Waals surface area contributed by atoms with Crippen LogP contribution in [0.25, 0.3) is 0 Å². The van der Waals surface area contributed by atoms with Gasteiger partial charge in [-0.25, -0.2) is 9.37 Å². The van der Waals surface area contributed by atoms with E-state index in [9.17, 15) is 17.6 Å². The van der Waals surface area contributed by atoms with Crippen LogP contribution in [0, 0.1) is 5.82 Å². The van der Waals surface area contributed by atoms with Crippen LogP contribution in [-0.4, -0.2) is 4.98 Å². The summed E-state index contributed by atoms with van der Waals surface area (Å²) >= 11 is 2.98. The van der Waals surface area contributed by atoms with E-state index in [1.54, 1.807) is 6.92 Å². The molecule has 0 bridgehead atoms. The first kappa shape index (κ1) is 15.8. The molecule has 0 saturated carbocycles. The van der Waals surface area contributed by atoms with Gasteiger partial charge in [0.2, 0.25) is 0 Å². The fourth-order valence-corrected chi connectivity index (χ4v) is 2.14. The first-order valence-electron chi connectivity index (χ1n) is 6.02. The van der Waals surface area contributed by atoms with Crippen LogP contribution in [0.1, 0.15) is 24.1 Å². The van der Waals surface area contributed by atoms with Gasteiger partial charge in [-0.3, -0.25) is 0 Å². The minimum Gasteiger partial charge on any atom is -0.363 e. The third-order valence-electron chi connectivity index (χ3n) is 2.88. The maximum atomic E-state index is 13.0. The van der Waals surface area contributed by atoms with Gasteiger partial charge < -0.3 is 5.32 Å². The molecule has 0 amide bonds. The van der Waals surface area contributed by atoms with Gasteiger partial charge in [0.05, 0.1) is 5.56 Å². The van der Waals surface area contributed by atoms with E-state index < -0.39 is 23.6 Å². The number of pyridine rings is 1. The van der Waals surface area contributed by atoms with Crippen LogP contribution in [0.5, 0.6) is 0 Å². The molecule has 7 heteroatoms. The summed E-state index contributed by atoms with van der Waals surface area (Å²) in [5, 5.41) is 2.71. The maximum absolute atomic E-state index is 13.0. The average molecular weight is 363 g/mol. The molecule has 1 aromatic carbocycles. The van der Waals surface area contributed by atoms with Gasteiger partial charge in [0.15, 0.2) is 0 Å². The van der Waals surface area contributed by atoms with E-state index >= 15 is 0 Å². The smallest absolute Gasteiger partial charge is 0.363 e. The van der Waals surface area contributed by atoms with E-state index in [4.69, 9.17) is 0 Å². The highest BCUT2D eigenvalue weighted by atomic mass is 79.9. The van der Waals surface area contributed by atoms with Crippen molar-refractivity contribution < 1.29 is 17.6 Å². The molecule has 2 aromatic rings. The summed E-state index contributed by atoms with van der Waals surface area (Å²) in [4.78, 5) is 3.78. The summed E-state index contributed by atoms with van der Waals surface area (Å²) in [6.45, 7) is 1.68. The zero-order valence-electron chi connectivity index (χ0n) is 10.9. The van der Waals surface area contributed by atoms with Crippen molar-refractivity contribution in [3.05, 3.63) is 57.9 Å². The number of nitrogens with zero attached hydrogens (tertiary/aromatic N) is 1. The summed E-state index contributed by atoms with van der Waals surface area (Å²) in [7, 11) is 0. The molecular formula is C14H11BrF4N2.